The highest BCUT2D eigenvalue weighted by atomic mass is 16.3. The number of nitrogens with zero attached hydrogens (tertiary/aromatic N) is 3. The molecule has 0 saturated carbocycles. The molecule has 9 aromatic rings. The van der Waals surface area contributed by atoms with Crippen molar-refractivity contribution in [2.24, 2.45) is 0 Å². The lowest BCUT2D eigenvalue weighted by Gasteiger charge is -2.11. The Balaban J connectivity index is 1.38. The fourth-order valence-corrected chi connectivity index (χ4v) is 6.12. The molecule has 0 aliphatic carbocycles. The molecule has 0 saturated heterocycles. The molecule has 0 radical (unpaired) electrons. The minimum absolute atomic E-state index is 0.577. The smallest absolute Gasteiger partial charge is 0.164 e. The van der Waals surface area contributed by atoms with Crippen molar-refractivity contribution in [2.75, 3.05) is 0 Å². The van der Waals surface area contributed by atoms with E-state index in [1.807, 2.05) is 97.1 Å². The van der Waals surface area contributed by atoms with Gasteiger partial charge in [-0.25, -0.2) is 15.0 Å². The molecule has 0 aliphatic rings. The minimum atomic E-state index is 0.577. The molecule has 0 fully saturated rings. The van der Waals surface area contributed by atoms with Gasteiger partial charge in [0.25, 0.3) is 0 Å². The third-order valence-electron chi connectivity index (χ3n) is 8.14. The van der Waals surface area contributed by atoms with Gasteiger partial charge in [-0.15, -0.1) is 0 Å². The summed E-state index contributed by atoms with van der Waals surface area (Å²) in [4.78, 5) is 15.4. The molecule has 5 heteroatoms. The van der Waals surface area contributed by atoms with Gasteiger partial charge in [-0.1, -0.05) is 109 Å². The van der Waals surface area contributed by atoms with Crippen molar-refractivity contribution >= 4 is 43.9 Å². The SMILES string of the molecule is c1ccc(-c2cc(-c3nc(-c4ccccc4)nc(-c4cccc5oc6ccccc6c45)n3)c3c(c2)oc2ccccc23)cc1. The van der Waals surface area contributed by atoms with Gasteiger partial charge < -0.3 is 8.83 Å². The molecule has 5 nitrogen and oxygen atoms in total. The summed E-state index contributed by atoms with van der Waals surface area (Å²) in [5, 5.41) is 4.00. The fourth-order valence-electron chi connectivity index (χ4n) is 6.12. The topological polar surface area (TPSA) is 65.0 Å². The third-order valence-corrected chi connectivity index (χ3v) is 8.14. The lowest BCUT2D eigenvalue weighted by molar-refractivity contribution is 0.668. The van der Waals surface area contributed by atoms with Gasteiger partial charge in [0.15, 0.2) is 17.5 Å². The summed E-state index contributed by atoms with van der Waals surface area (Å²) in [5.74, 6) is 1.76. The Morgan fingerprint density at radius 3 is 1.57 bits per heavy atom. The van der Waals surface area contributed by atoms with Gasteiger partial charge in [0.2, 0.25) is 0 Å². The van der Waals surface area contributed by atoms with Crippen molar-refractivity contribution < 1.29 is 8.83 Å². The summed E-state index contributed by atoms with van der Waals surface area (Å²) in [6, 6.07) is 46.9. The average Bonchev–Trinajstić information content (AvgIpc) is 3.67. The van der Waals surface area contributed by atoms with Crippen molar-refractivity contribution in [3.05, 3.63) is 140 Å². The maximum atomic E-state index is 6.42. The second kappa shape index (κ2) is 9.75. The summed E-state index contributed by atoms with van der Waals surface area (Å²) >= 11 is 0. The predicted octanol–water partition coefficient (Wildman–Crippen LogP) is 10.3. The van der Waals surface area contributed by atoms with E-state index in [0.717, 1.165) is 71.7 Å². The van der Waals surface area contributed by atoms with Crippen LogP contribution in [0.2, 0.25) is 0 Å². The zero-order valence-corrected chi connectivity index (χ0v) is 23.4. The quantitative estimate of drug-likeness (QED) is 0.212. The van der Waals surface area contributed by atoms with E-state index in [9.17, 15) is 0 Å². The first-order valence-corrected chi connectivity index (χ1v) is 14.5. The van der Waals surface area contributed by atoms with E-state index in [4.69, 9.17) is 23.8 Å². The maximum absolute atomic E-state index is 6.42. The van der Waals surface area contributed by atoms with Crippen molar-refractivity contribution in [3.63, 3.8) is 0 Å². The summed E-state index contributed by atoms with van der Waals surface area (Å²) in [6.07, 6.45) is 0. The van der Waals surface area contributed by atoms with Gasteiger partial charge in [-0.2, -0.15) is 0 Å². The van der Waals surface area contributed by atoms with Crippen LogP contribution in [0.1, 0.15) is 0 Å². The number of benzene rings is 6. The fraction of sp³-hybridized carbons (Fsp3) is 0. The zero-order chi connectivity index (χ0) is 29.0. The zero-order valence-electron chi connectivity index (χ0n) is 23.4. The standard InChI is InChI=1S/C39H23N3O2/c1-3-12-24(13-4-1)26-22-30(36-28-17-8-10-20-32(28)44-34(36)23-26)39-41-37(25-14-5-2-6-15-25)40-38(42-39)29-18-11-21-33-35(29)27-16-7-9-19-31(27)43-33/h1-23H. The first-order chi connectivity index (χ1) is 21.8. The van der Waals surface area contributed by atoms with Gasteiger partial charge >= 0.3 is 0 Å². The van der Waals surface area contributed by atoms with Crippen LogP contribution in [0.5, 0.6) is 0 Å². The van der Waals surface area contributed by atoms with E-state index >= 15 is 0 Å². The summed E-state index contributed by atoms with van der Waals surface area (Å²) in [5.41, 5.74) is 8.03. The number of aromatic nitrogens is 3. The largest absolute Gasteiger partial charge is 0.456 e. The van der Waals surface area contributed by atoms with Crippen molar-refractivity contribution in [1.82, 2.24) is 15.0 Å². The van der Waals surface area contributed by atoms with Gasteiger partial charge in [0, 0.05) is 38.2 Å². The predicted molar refractivity (Wildman–Crippen MR) is 176 cm³/mol. The van der Waals surface area contributed by atoms with Gasteiger partial charge in [0.05, 0.1) is 0 Å². The van der Waals surface area contributed by atoms with Crippen LogP contribution >= 0.6 is 0 Å². The van der Waals surface area contributed by atoms with E-state index < -0.39 is 0 Å². The lowest BCUT2D eigenvalue weighted by atomic mass is 9.98. The van der Waals surface area contributed by atoms with Crippen LogP contribution in [0.15, 0.2) is 148 Å². The summed E-state index contributed by atoms with van der Waals surface area (Å²) < 4.78 is 12.6. The van der Waals surface area contributed by atoms with Gasteiger partial charge in [0.1, 0.15) is 22.3 Å². The number of rotatable bonds is 4. The molecular formula is C39H23N3O2. The minimum Gasteiger partial charge on any atom is -0.456 e. The number of hydrogen-bond donors (Lipinski definition) is 0. The van der Waals surface area contributed by atoms with E-state index in [2.05, 4.69) is 42.5 Å². The van der Waals surface area contributed by atoms with Crippen molar-refractivity contribution in [3.8, 4) is 45.3 Å². The highest BCUT2D eigenvalue weighted by Crippen LogP contribution is 2.41. The molecule has 206 valence electrons. The molecule has 3 heterocycles. The molecular weight excluding hydrogens is 542 g/mol. The molecule has 6 aromatic carbocycles. The number of hydrogen-bond acceptors (Lipinski definition) is 5. The Morgan fingerprint density at radius 1 is 0.341 bits per heavy atom. The van der Waals surface area contributed by atoms with Crippen LogP contribution in [0.25, 0.3) is 89.2 Å². The Kier molecular flexibility index (Phi) is 5.43. The Bertz CT molecular complexity index is 2500. The molecule has 3 aromatic heterocycles. The molecule has 44 heavy (non-hydrogen) atoms. The van der Waals surface area contributed by atoms with Crippen molar-refractivity contribution in [1.29, 1.82) is 0 Å². The van der Waals surface area contributed by atoms with Crippen LogP contribution in [-0.4, -0.2) is 15.0 Å². The number of furan rings is 2. The monoisotopic (exact) mass is 565 g/mol. The maximum Gasteiger partial charge on any atom is 0.164 e. The third kappa shape index (κ3) is 3.91. The lowest BCUT2D eigenvalue weighted by Crippen LogP contribution is -2.01. The number of fused-ring (bicyclic) bond motifs is 6. The highest BCUT2D eigenvalue weighted by molar-refractivity contribution is 6.14. The van der Waals surface area contributed by atoms with Crippen LogP contribution in [0.4, 0.5) is 0 Å². The second-order valence-corrected chi connectivity index (χ2v) is 10.8. The van der Waals surface area contributed by atoms with Crippen LogP contribution < -0.4 is 0 Å². The second-order valence-electron chi connectivity index (χ2n) is 10.8. The Labute approximate surface area is 252 Å². The van der Waals surface area contributed by atoms with Crippen molar-refractivity contribution in [2.45, 2.75) is 0 Å². The van der Waals surface area contributed by atoms with E-state index in [0.29, 0.717) is 17.5 Å². The van der Waals surface area contributed by atoms with E-state index in [1.54, 1.807) is 0 Å². The Morgan fingerprint density at radius 2 is 0.864 bits per heavy atom. The average molecular weight is 566 g/mol. The molecule has 0 spiro atoms. The molecule has 0 unspecified atom stereocenters. The van der Waals surface area contributed by atoms with Crippen LogP contribution in [-0.2, 0) is 0 Å². The molecule has 0 bridgehead atoms. The highest BCUT2D eigenvalue weighted by Gasteiger charge is 2.21. The molecule has 0 N–H and O–H groups in total. The van der Waals surface area contributed by atoms with Gasteiger partial charge in [-0.05, 0) is 41.5 Å². The van der Waals surface area contributed by atoms with Crippen LogP contribution in [0.3, 0.4) is 0 Å². The van der Waals surface area contributed by atoms with E-state index in [1.165, 1.54) is 0 Å². The first-order valence-electron chi connectivity index (χ1n) is 14.5. The summed E-state index contributed by atoms with van der Waals surface area (Å²) in [6.45, 7) is 0. The van der Waals surface area contributed by atoms with Crippen LogP contribution in [0, 0.1) is 0 Å². The summed E-state index contributed by atoms with van der Waals surface area (Å²) in [7, 11) is 0. The molecule has 9 rings (SSSR count). The van der Waals surface area contributed by atoms with E-state index in [-0.39, 0.29) is 0 Å². The first kappa shape index (κ1) is 24.5. The van der Waals surface area contributed by atoms with Gasteiger partial charge in [-0.3, -0.25) is 0 Å². The normalized spacial score (nSPS) is 11.6. The molecule has 0 atom stereocenters. The Hall–Kier alpha value is -6.07. The number of para-hydroxylation sites is 2. The molecule has 0 aliphatic heterocycles. The molecule has 0 amide bonds.